The summed E-state index contributed by atoms with van der Waals surface area (Å²) in [6.45, 7) is 11.2. The van der Waals surface area contributed by atoms with Crippen LogP contribution in [0.1, 0.15) is 6.92 Å². The number of anilines is 2. The molecule has 28 heavy (non-hydrogen) atoms. The molecule has 0 saturated carbocycles. The molecule has 1 amide bonds. The molecule has 2 unspecified atom stereocenters. The second kappa shape index (κ2) is 7.70. The maximum Gasteiger partial charge on any atom is 0.362 e. The maximum atomic E-state index is 12.0. The Morgan fingerprint density at radius 3 is 2.71 bits per heavy atom. The monoisotopic (exact) mass is 391 g/mol. The van der Waals surface area contributed by atoms with Crippen LogP contribution in [0.5, 0.6) is 0 Å². The summed E-state index contributed by atoms with van der Waals surface area (Å²) in [4.78, 5) is 29.6. The third-order valence-corrected chi connectivity index (χ3v) is 4.67. The number of hydrogen-bond acceptors (Lipinski definition) is 9. The molecule has 152 valence electrons. The Labute approximate surface area is 164 Å². The van der Waals surface area contributed by atoms with Gasteiger partial charge in [-0.1, -0.05) is 13.2 Å². The van der Waals surface area contributed by atoms with Gasteiger partial charge in [-0.2, -0.15) is 4.98 Å². The lowest BCUT2D eigenvalue weighted by Crippen LogP contribution is -2.39. The quantitative estimate of drug-likeness (QED) is 0.256. The average molecular weight is 391 g/mol. The van der Waals surface area contributed by atoms with E-state index in [9.17, 15) is 4.79 Å². The van der Waals surface area contributed by atoms with E-state index in [0.29, 0.717) is 36.9 Å². The molecule has 3 heterocycles. The van der Waals surface area contributed by atoms with Crippen molar-refractivity contribution in [2.45, 2.75) is 13.2 Å². The van der Waals surface area contributed by atoms with Crippen LogP contribution in [0, 0.1) is 0 Å². The van der Waals surface area contributed by atoms with Gasteiger partial charge in [0.1, 0.15) is 19.5 Å². The van der Waals surface area contributed by atoms with Crippen molar-refractivity contribution in [3.63, 3.8) is 0 Å². The summed E-state index contributed by atoms with van der Waals surface area (Å²) in [5, 5.41) is 4.80. The van der Waals surface area contributed by atoms with E-state index in [4.69, 9.17) is 9.47 Å². The van der Waals surface area contributed by atoms with Crippen molar-refractivity contribution >= 4 is 23.8 Å². The first-order valence-corrected chi connectivity index (χ1v) is 8.94. The summed E-state index contributed by atoms with van der Waals surface area (Å²) in [7, 11) is 5.37. The first-order chi connectivity index (χ1) is 13.3. The first-order valence-electron chi connectivity index (χ1n) is 8.94. The van der Waals surface area contributed by atoms with Crippen LogP contribution in [-0.4, -0.2) is 79.9 Å². The van der Waals surface area contributed by atoms with Crippen molar-refractivity contribution in [2.24, 2.45) is 0 Å². The number of nitrogens with one attached hydrogen (secondary N) is 1. The zero-order valence-corrected chi connectivity index (χ0v) is 16.8. The number of methoxy groups -OCH3 is 1. The van der Waals surface area contributed by atoms with E-state index in [1.165, 1.54) is 6.08 Å². The van der Waals surface area contributed by atoms with Gasteiger partial charge < -0.3 is 19.3 Å². The molecule has 2 atom stereocenters. The van der Waals surface area contributed by atoms with Gasteiger partial charge in [0.25, 0.3) is 5.91 Å². The van der Waals surface area contributed by atoms with Crippen molar-refractivity contribution in [3.8, 4) is 0 Å². The highest BCUT2D eigenvalue weighted by Gasteiger charge is 2.57. The molecule has 11 nitrogen and oxygen atoms in total. The Morgan fingerprint density at radius 1 is 1.46 bits per heavy atom. The third-order valence-electron chi connectivity index (χ3n) is 4.67. The number of aromatic nitrogens is 3. The van der Waals surface area contributed by atoms with Gasteiger partial charge in [-0.25, -0.2) is 0 Å². The van der Waals surface area contributed by atoms with Crippen molar-refractivity contribution in [3.05, 3.63) is 25.0 Å². The fourth-order valence-corrected chi connectivity index (χ4v) is 2.60. The second-order valence-electron chi connectivity index (χ2n) is 6.76. The number of amides is 1. The minimum Gasteiger partial charge on any atom is -0.467 e. The topological polar surface area (TPSA) is 99.0 Å². The SMILES string of the molecule is C=CC(=O)N1C[N+]1(C)c1nc(N(C)CC)nc(N(CNC2OC2=C)COC)n1. The summed E-state index contributed by atoms with van der Waals surface area (Å²) >= 11 is 0. The van der Waals surface area contributed by atoms with Crippen molar-refractivity contribution in [2.75, 3.05) is 57.6 Å². The molecule has 0 aromatic carbocycles. The van der Waals surface area contributed by atoms with E-state index < -0.39 is 0 Å². The number of epoxide rings is 1. The van der Waals surface area contributed by atoms with Crippen molar-refractivity contribution < 1.29 is 14.3 Å². The molecule has 0 aliphatic carbocycles. The van der Waals surface area contributed by atoms with Gasteiger partial charge in [-0.05, 0) is 6.92 Å². The van der Waals surface area contributed by atoms with Crippen LogP contribution in [0.15, 0.2) is 25.0 Å². The minimum atomic E-state index is -0.172. The minimum absolute atomic E-state index is 0.168. The van der Waals surface area contributed by atoms with E-state index in [1.54, 1.807) is 12.1 Å². The molecule has 11 heteroatoms. The van der Waals surface area contributed by atoms with Gasteiger partial charge in [0.05, 0.1) is 6.67 Å². The molecule has 2 aliphatic heterocycles. The molecule has 2 aliphatic rings. The normalized spacial score (nSPS) is 22.5. The lowest BCUT2D eigenvalue weighted by Gasteiger charge is -2.24. The summed E-state index contributed by atoms with van der Waals surface area (Å²) in [5.74, 6) is 1.96. The largest absolute Gasteiger partial charge is 0.467 e. The molecule has 0 spiro atoms. The predicted molar refractivity (Wildman–Crippen MR) is 105 cm³/mol. The predicted octanol–water partition coefficient (Wildman–Crippen LogP) is -0.00710. The van der Waals surface area contributed by atoms with Gasteiger partial charge in [0.2, 0.25) is 24.8 Å². The fraction of sp³-hybridized carbons (Fsp3) is 0.529. The Kier molecular flexibility index (Phi) is 5.49. The van der Waals surface area contributed by atoms with Gasteiger partial charge in [0, 0.05) is 26.8 Å². The maximum absolute atomic E-state index is 12.0. The van der Waals surface area contributed by atoms with E-state index >= 15 is 0 Å². The molecule has 1 aromatic rings. The molecule has 0 radical (unpaired) electrons. The summed E-state index contributed by atoms with van der Waals surface area (Å²) < 4.78 is 10.7. The fourth-order valence-electron chi connectivity index (χ4n) is 2.60. The highest BCUT2D eigenvalue weighted by atomic mass is 16.6. The number of nitrogens with zero attached hydrogens (tertiary/aromatic N) is 7. The number of carbonyl (C=O) groups is 1. The third kappa shape index (κ3) is 3.91. The number of rotatable bonds is 10. The van der Waals surface area contributed by atoms with Crippen LogP contribution in [0.2, 0.25) is 0 Å². The number of quaternary nitrogens is 1. The Bertz CT molecular complexity index is 788. The molecular formula is C17H27N8O3+. The van der Waals surface area contributed by atoms with Crippen LogP contribution in [-0.2, 0) is 14.3 Å². The van der Waals surface area contributed by atoms with Crippen molar-refractivity contribution in [1.29, 1.82) is 0 Å². The Balaban J connectivity index is 1.91. The van der Waals surface area contributed by atoms with Gasteiger partial charge in [-0.3, -0.25) is 10.1 Å². The van der Waals surface area contributed by atoms with Crippen molar-refractivity contribution in [1.82, 2.24) is 29.9 Å². The Hall–Kier alpha value is -2.76. The first kappa shape index (κ1) is 20.0. The van der Waals surface area contributed by atoms with Gasteiger partial charge in [-0.15, -0.1) is 19.6 Å². The van der Waals surface area contributed by atoms with Crippen LogP contribution in [0.4, 0.5) is 17.8 Å². The summed E-state index contributed by atoms with van der Waals surface area (Å²) in [6, 6.07) is 0. The van der Waals surface area contributed by atoms with Crippen LogP contribution < -0.4 is 19.7 Å². The molecule has 1 N–H and O–H groups in total. The molecule has 0 bridgehead atoms. The highest BCUT2D eigenvalue weighted by Crippen LogP contribution is 2.34. The second-order valence-corrected chi connectivity index (χ2v) is 6.76. The molecule has 2 fully saturated rings. The van der Waals surface area contributed by atoms with Crippen LogP contribution in [0.3, 0.4) is 0 Å². The molecule has 1 aromatic heterocycles. The lowest BCUT2D eigenvalue weighted by molar-refractivity contribution is -0.123. The molecular weight excluding hydrogens is 364 g/mol. The van der Waals surface area contributed by atoms with E-state index in [-0.39, 0.29) is 23.5 Å². The summed E-state index contributed by atoms with van der Waals surface area (Å²) in [6.07, 6.45) is 1.12. The van der Waals surface area contributed by atoms with Crippen LogP contribution >= 0.6 is 0 Å². The summed E-state index contributed by atoms with van der Waals surface area (Å²) in [5.41, 5.74) is 0. The zero-order chi connectivity index (χ0) is 20.5. The highest BCUT2D eigenvalue weighted by molar-refractivity contribution is 5.89. The number of ether oxygens (including phenoxy) is 2. The smallest absolute Gasteiger partial charge is 0.362 e. The van der Waals surface area contributed by atoms with E-state index in [1.807, 2.05) is 30.8 Å². The number of carbonyl (C=O) groups excluding carboxylic acids is 1. The number of hydrogen-bond donors (Lipinski definition) is 1. The zero-order valence-electron chi connectivity index (χ0n) is 16.8. The Morgan fingerprint density at radius 2 is 2.14 bits per heavy atom. The van der Waals surface area contributed by atoms with E-state index in [2.05, 4.69) is 33.4 Å². The van der Waals surface area contributed by atoms with E-state index in [0.717, 1.165) is 6.54 Å². The molecule has 2 saturated heterocycles. The van der Waals surface area contributed by atoms with Gasteiger partial charge >= 0.3 is 5.95 Å². The van der Waals surface area contributed by atoms with Gasteiger partial charge in [0.15, 0.2) is 0 Å². The van der Waals surface area contributed by atoms with Crippen LogP contribution in [0.25, 0.3) is 0 Å². The average Bonchev–Trinajstić information content (AvgIpc) is 3.60. The lowest BCUT2D eigenvalue weighted by atomic mass is 10.6. The standard InChI is InChI=1S/C17H27N8O3/c1-7-13(26)24-10-25(24,5)17-20-15(22(4)8-2)19-16(21-17)23(11-27-6)9-18-14-12(3)28-14/h7,14,18H,1,3,8-11H2,2,4-6H3/q+1. The molecule has 3 rings (SSSR count).